The van der Waals surface area contributed by atoms with Crippen molar-refractivity contribution in [2.24, 2.45) is 5.73 Å². The van der Waals surface area contributed by atoms with Gasteiger partial charge >= 0.3 is 6.03 Å². The Hall–Kier alpha value is -2.61. The monoisotopic (exact) mass is 303 g/mol. The van der Waals surface area contributed by atoms with Crippen LogP contribution in [0.2, 0.25) is 0 Å². The molecule has 0 saturated carbocycles. The van der Waals surface area contributed by atoms with Crippen molar-refractivity contribution in [2.45, 2.75) is 5.16 Å². The van der Waals surface area contributed by atoms with Gasteiger partial charge in [-0.2, -0.15) is 0 Å². The third-order valence-electron chi connectivity index (χ3n) is 2.31. The lowest BCUT2D eigenvalue weighted by Gasteiger charge is -1.97. The van der Waals surface area contributed by atoms with Gasteiger partial charge in [0.1, 0.15) is 5.82 Å². The van der Waals surface area contributed by atoms with Gasteiger partial charge in [-0.25, -0.2) is 9.78 Å². The molecule has 0 atom stereocenters. The number of H-pyrrole nitrogens is 1. The van der Waals surface area contributed by atoms with Gasteiger partial charge < -0.3 is 5.73 Å². The van der Waals surface area contributed by atoms with Crippen molar-refractivity contribution >= 4 is 35.9 Å². The van der Waals surface area contributed by atoms with E-state index in [1.165, 1.54) is 0 Å². The molecular weight excluding hydrogens is 290 g/mol. The SMILES string of the molecule is NC(=O)NC(=O)CSc1n[nH]c(/C=C/c2ccccc2)n1. The van der Waals surface area contributed by atoms with Crippen LogP contribution in [0.1, 0.15) is 11.4 Å². The van der Waals surface area contributed by atoms with Crippen molar-refractivity contribution in [2.75, 3.05) is 5.75 Å². The zero-order valence-corrected chi connectivity index (χ0v) is 11.8. The van der Waals surface area contributed by atoms with E-state index in [-0.39, 0.29) is 5.75 Å². The summed E-state index contributed by atoms with van der Waals surface area (Å²) in [6, 6.07) is 8.89. The second-order valence-corrected chi connectivity index (χ2v) is 4.89. The van der Waals surface area contributed by atoms with Crippen LogP contribution in [0.25, 0.3) is 12.2 Å². The summed E-state index contributed by atoms with van der Waals surface area (Å²) in [4.78, 5) is 25.9. The van der Waals surface area contributed by atoms with E-state index in [1.807, 2.05) is 41.7 Å². The van der Waals surface area contributed by atoms with Gasteiger partial charge in [0.2, 0.25) is 11.1 Å². The van der Waals surface area contributed by atoms with E-state index in [9.17, 15) is 9.59 Å². The third-order valence-corrected chi connectivity index (χ3v) is 3.16. The van der Waals surface area contributed by atoms with Crippen LogP contribution in [0.4, 0.5) is 4.79 Å². The van der Waals surface area contributed by atoms with Crippen LogP contribution in [0.3, 0.4) is 0 Å². The molecule has 0 aliphatic carbocycles. The first-order valence-corrected chi connectivity index (χ1v) is 6.99. The van der Waals surface area contributed by atoms with Gasteiger partial charge in [0, 0.05) is 0 Å². The molecule has 4 N–H and O–H groups in total. The normalized spacial score (nSPS) is 10.7. The summed E-state index contributed by atoms with van der Waals surface area (Å²) in [7, 11) is 0. The number of aromatic nitrogens is 3. The van der Waals surface area contributed by atoms with Crippen molar-refractivity contribution < 1.29 is 9.59 Å². The Labute approximate surface area is 125 Å². The van der Waals surface area contributed by atoms with Crippen LogP contribution < -0.4 is 11.1 Å². The molecule has 21 heavy (non-hydrogen) atoms. The van der Waals surface area contributed by atoms with E-state index >= 15 is 0 Å². The fourth-order valence-corrected chi connectivity index (χ4v) is 2.05. The van der Waals surface area contributed by atoms with E-state index in [4.69, 9.17) is 5.73 Å². The summed E-state index contributed by atoms with van der Waals surface area (Å²) in [6.07, 6.45) is 3.69. The van der Waals surface area contributed by atoms with Crippen LogP contribution in [-0.4, -0.2) is 32.9 Å². The molecule has 0 aliphatic rings. The molecule has 8 heteroatoms. The average molecular weight is 303 g/mol. The fourth-order valence-electron chi connectivity index (χ4n) is 1.44. The molecule has 0 saturated heterocycles. The minimum Gasteiger partial charge on any atom is -0.351 e. The Kier molecular flexibility index (Phi) is 5.10. The van der Waals surface area contributed by atoms with E-state index < -0.39 is 11.9 Å². The Bertz CT molecular complexity index is 654. The second-order valence-electron chi connectivity index (χ2n) is 3.95. The minimum absolute atomic E-state index is 0.0165. The van der Waals surface area contributed by atoms with Gasteiger partial charge in [-0.15, -0.1) is 5.10 Å². The standard InChI is InChI=1S/C13H13N5O2S/c14-12(20)16-11(19)8-21-13-15-10(17-18-13)7-6-9-4-2-1-3-5-9/h1-7H,8H2,(H,15,17,18)(H3,14,16,19,20)/b7-6+. The summed E-state index contributed by atoms with van der Waals surface area (Å²) in [6.45, 7) is 0. The first kappa shape index (κ1) is 14.8. The first-order chi connectivity index (χ1) is 10.1. The quantitative estimate of drug-likeness (QED) is 0.720. The van der Waals surface area contributed by atoms with Crippen LogP contribution in [0.15, 0.2) is 35.5 Å². The number of aromatic amines is 1. The lowest BCUT2D eigenvalue weighted by molar-refractivity contribution is -0.117. The molecule has 1 heterocycles. The summed E-state index contributed by atoms with van der Waals surface area (Å²) < 4.78 is 0. The lowest BCUT2D eigenvalue weighted by Crippen LogP contribution is -2.36. The molecule has 0 aliphatic heterocycles. The Balaban J connectivity index is 1.88. The number of imide groups is 1. The molecule has 0 fully saturated rings. The third kappa shape index (κ3) is 5.11. The van der Waals surface area contributed by atoms with Gasteiger partial charge in [0.25, 0.3) is 0 Å². The van der Waals surface area contributed by atoms with Gasteiger partial charge in [-0.1, -0.05) is 48.2 Å². The van der Waals surface area contributed by atoms with Crippen LogP contribution >= 0.6 is 11.8 Å². The number of nitrogens with two attached hydrogens (primary N) is 1. The topological polar surface area (TPSA) is 114 Å². The zero-order valence-electron chi connectivity index (χ0n) is 10.9. The summed E-state index contributed by atoms with van der Waals surface area (Å²) in [5.41, 5.74) is 5.88. The number of nitrogens with one attached hydrogen (secondary N) is 2. The highest BCUT2D eigenvalue weighted by atomic mass is 32.2. The van der Waals surface area contributed by atoms with Crippen molar-refractivity contribution in [3.63, 3.8) is 0 Å². The summed E-state index contributed by atoms with van der Waals surface area (Å²) in [5.74, 6) is 0.109. The highest BCUT2D eigenvalue weighted by molar-refractivity contribution is 7.99. The Morgan fingerprint density at radius 2 is 2.05 bits per heavy atom. The zero-order chi connectivity index (χ0) is 15.1. The number of nitrogens with zero attached hydrogens (tertiary/aromatic N) is 2. The second kappa shape index (κ2) is 7.25. The number of carbonyl (C=O) groups is 2. The molecule has 0 bridgehead atoms. The molecule has 7 nitrogen and oxygen atoms in total. The molecular formula is C13H13N5O2S. The van der Waals surface area contributed by atoms with E-state index in [0.29, 0.717) is 11.0 Å². The summed E-state index contributed by atoms with van der Waals surface area (Å²) >= 11 is 1.11. The lowest BCUT2D eigenvalue weighted by atomic mass is 10.2. The van der Waals surface area contributed by atoms with Crippen molar-refractivity contribution in [3.8, 4) is 0 Å². The maximum atomic E-state index is 11.2. The molecule has 0 unspecified atom stereocenters. The van der Waals surface area contributed by atoms with Crippen molar-refractivity contribution in [1.82, 2.24) is 20.5 Å². The number of primary amides is 1. The first-order valence-electron chi connectivity index (χ1n) is 6.01. The number of thioether (sulfide) groups is 1. The fraction of sp³-hybridized carbons (Fsp3) is 0.0769. The van der Waals surface area contributed by atoms with Crippen LogP contribution in [0.5, 0.6) is 0 Å². The Morgan fingerprint density at radius 3 is 2.76 bits per heavy atom. The number of hydrogen-bond donors (Lipinski definition) is 3. The van der Waals surface area contributed by atoms with Gasteiger partial charge in [-0.05, 0) is 11.6 Å². The smallest absolute Gasteiger partial charge is 0.318 e. The number of benzene rings is 1. The van der Waals surface area contributed by atoms with Crippen LogP contribution in [-0.2, 0) is 4.79 Å². The van der Waals surface area contributed by atoms with Crippen molar-refractivity contribution in [3.05, 3.63) is 41.7 Å². The number of hydrogen-bond acceptors (Lipinski definition) is 5. The maximum absolute atomic E-state index is 11.2. The van der Waals surface area contributed by atoms with Gasteiger partial charge in [0.05, 0.1) is 5.75 Å². The van der Waals surface area contributed by atoms with Gasteiger partial charge in [-0.3, -0.25) is 15.2 Å². The number of rotatable bonds is 5. The van der Waals surface area contributed by atoms with E-state index in [0.717, 1.165) is 17.3 Å². The average Bonchev–Trinajstić information content (AvgIpc) is 2.91. The molecule has 0 spiro atoms. The molecule has 1 aromatic carbocycles. The number of amides is 3. The predicted octanol–water partition coefficient (Wildman–Crippen LogP) is 1.26. The molecule has 1 aromatic heterocycles. The largest absolute Gasteiger partial charge is 0.351 e. The van der Waals surface area contributed by atoms with Crippen LogP contribution in [0, 0.1) is 0 Å². The molecule has 2 aromatic rings. The molecule has 108 valence electrons. The number of carbonyl (C=O) groups excluding carboxylic acids is 2. The number of urea groups is 1. The maximum Gasteiger partial charge on any atom is 0.318 e. The van der Waals surface area contributed by atoms with Crippen molar-refractivity contribution in [1.29, 1.82) is 0 Å². The predicted molar refractivity (Wildman–Crippen MR) is 80.2 cm³/mol. The minimum atomic E-state index is -0.873. The summed E-state index contributed by atoms with van der Waals surface area (Å²) in [5, 5.41) is 9.09. The molecule has 0 radical (unpaired) electrons. The highest BCUT2D eigenvalue weighted by Gasteiger charge is 2.08. The molecule has 3 amide bonds. The molecule has 2 rings (SSSR count). The Morgan fingerprint density at radius 1 is 1.29 bits per heavy atom. The van der Waals surface area contributed by atoms with E-state index in [2.05, 4.69) is 15.2 Å². The highest BCUT2D eigenvalue weighted by Crippen LogP contribution is 2.13. The van der Waals surface area contributed by atoms with E-state index in [1.54, 1.807) is 6.08 Å². The van der Waals surface area contributed by atoms with Gasteiger partial charge in [0.15, 0.2) is 0 Å².